The summed E-state index contributed by atoms with van der Waals surface area (Å²) in [5.74, 6) is -2.06. The van der Waals surface area contributed by atoms with Crippen molar-refractivity contribution in [3.05, 3.63) is 54.4 Å². The number of carbonyl (C=O) groups is 4. The molecule has 0 spiro atoms. The average Bonchev–Trinajstić information content (AvgIpc) is 3.77. The molecule has 17 heteroatoms. The molecular weight excluding hydrogens is 733 g/mol. The summed E-state index contributed by atoms with van der Waals surface area (Å²) in [5.41, 5.74) is -0.410. The van der Waals surface area contributed by atoms with Crippen molar-refractivity contribution >= 4 is 53.9 Å². The third kappa shape index (κ3) is 7.88. The summed E-state index contributed by atoms with van der Waals surface area (Å²) in [6.07, 6.45) is 4.85. The minimum Gasteiger partial charge on any atom is -0.471 e. The predicted octanol–water partition coefficient (Wildman–Crippen LogP) is 4.70. The van der Waals surface area contributed by atoms with Crippen LogP contribution in [0.5, 0.6) is 5.88 Å². The lowest BCUT2D eigenvalue weighted by atomic mass is 9.85. The lowest BCUT2D eigenvalue weighted by molar-refractivity contribution is -0.142. The Morgan fingerprint density at radius 3 is 2.41 bits per heavy atom. The molecule has 5 atom stereocenters. The van der Waals surface area contributed by atoms with E-state index in [1.807, 2.05) is 62.5 Å². The highest BCUT2D eigenvalue weighted by atomic mass is 32.1. The van der Waals surface area contributed by atoms with Crippen molar-refractivity contribution in [3.63, 3.8) is 0 Å². The van der Waals surface area contributed by atoms with Gasteiger partial charge in [0.05, 0.1) is 35.7 Å². The first-order valence-electron chi connectivity index (χ1n) is 18.3. The summed E-state index contributed by atoms with van der Waals surface area (Å²) in [5, 5.41) is 13.0. The Morgan fingerprint density at radius 1 is 1.07 bits per heavy atom. The summed E-state index contributed by atoms with van der Waals surface area (Å²) in [4.78, 5) is 67.9. The zero-order chi connectivity index (χ0) is 38.3. The summed E-state index contributed by atoms with van der Waals surface area (Å²) in [6, 6.07) is 8.69. The predicted molar refractivity (Wildman–Crippen MR) is 201 cm³/mol. The van der Waals surface area contributed by atoms with E-state index < -0.39 is 66.6 Å². The Kier molecular flexibility index (Phi) is 10.6. The number of urea groups is 1. The smallest absolute Gasteiger partial charge is 0.435 e. The molecule has 1 aromatic carbocycles. The maximum atomic E-state index is 14.7. The van der Waals surface area contributed by atoms with Crippen LogP contribution >= 0.6 is 19.1 Å². The van der Waals surface area contributed by atoms with E-state index in [-0.39, 0.29) is 44.5 Å². The standard InChI is InChI=1S/C37H46N7O8PS/c1-5-22-20-37(22,34(47)43-53(49)50-16-17-51-53)42-31(45)27-19-24(52-32-29(28-15-10-18-54-28)39-25-13-8-9-14-26(25)40-32)21-44(27)33(46)30(36(2,3)4)41-35(48)38-23-11-6-7-12-23/h5,8-10,13-15,18,22-24,27,30H,1,6-7,11-12,16-17,19-21H2,2-4H3,(H,42,45)(H2,38,41,48)(H,43,47,49)/t22?,24-,27+,30-,37-/m1/s1. The van der Waals surface area contributed by atoms with Crippen molar-refractivity contribution < 1.29 is 37.5 Å². The molecule has 2 saturated carbocycles. The Bertz CT molecular complexity index is 1970. The minimum atomic E-state index is -3.89. The number of thiophene rings is 1. The van der Waals surface area contributed by atoms with Gasteiger partial charge < -0.3 is 25.6 Å². The van der Waals surface area contributed by atoms with Crippen molar-refractivity contribution in [1.29, 1.82) is 0 Å². The number of aromatic nitrogens is 2. The summed E-state index contributed by atoms with van der Waals surface area (Å²) in [6.45, 7) is 9.44. The molecule has 15 nitrogen and oxygen atoms in total. The monoisotopic (exact) mass is 779 g/mol. The van der Waals surface area contributed by atoms with Crippen LogP contribution in [-0.4, -0.2) is 88.1 Å². The number of para-hydroxylation sites is 2. The molecule has 2 aromatic heterocycles. The normalized spacial score (nSPS) is 25.5. The van der Waals surface area contributed by atoms with Gasteiger partial charge in [-0.25, -0.2) is 19.3 Å². The molecule has 2 aliphatic carbocycles. The zero-order valence-corrected chi connectivity index (χ0v) is 32.3. The van der Waals surface area contributed by atoms with E-state index in [9.17, 15) is 23.7 Å². The van der Waals surface area contributed by atoms with Crippen molar-refractivity contribution in [3.8, 4) is 16.5 Å². The number of hydrogen-bond donors (Lipinski definition) is 4. The largest absolute Gasteiger partial charge is 0.471 e. The Hall–Kier alpha value is -4.37. The highest BCUT2D eigenvalue weighted by Gasteiger charge is 2.62. The highest BCUT2D eigenvalue weighted by Crippen LogP contribution is 2.51. The van der Waals surface area contributed by atoms with E-state index in [0.29, 0.717) is 16.7 Å². The first-order chi connectivity index (χ1) is 25.8. The van der Waals surface area contributed by atoms with E-state index in [4.69, 9.17) is 23.8 Å². The maximum absolute atomic E-state index is 14.7. The molecule has 4 aliphatic rings. The van der Waals surface area contributed by atoms with Gasteiger partial charge in [-0.2, -0.15) is 0 Å². The first kappa shape index (κ1) is 37.9. The molecule has 4 N–H and O–H groups in total. The van der Waals surface area contributed by atoms with E-state index in [1.165, 1.54) is 16.2 Å². The highest BCUT2D eigenvalue weighted by molar-refractivity contribution is 7.52. The quantitative estimate of drug-likeness (QED) is 0.157. The third-order valence-electron chi connectivity index (χ3n) is 10.4. The molecule has 288 valence electrons. The zero-order valence-electron chi connectivity index (χ0n) is 30.5. The molecule has 4 heterocycles. The van der Waals surface area contributed by atoms with Gasteiger partial charge in [0.15, 0.2) is 0 Å². The topological polar surface area (TPSA) is 190 Å². The van der Waals surface area contributed by atoms with Gasteiger partial charge in [-0.05, 0) is 48.3 Å². The van der Waals surface area contributed by atoms with Gasteiger partial charge in [-0.3, -0.25) is 28.5 Å². The van der Waals surface area contributed by atoms with Gasteiger partial charge >= 0.3 is 13.8 Å². The molecule has 1 unspecified atom stereocenters. The summed E-state index contributed by atoms with van der Waals surface area (Å²) >= 11 is 1.48. The number of rotatable bonds is 11. The van der Waals surface area contributed by atoms with Crippen LogP contribution in [0, 0.1) is 11.3 Å². The van der Waals surface area contributed by atoms with Crippen molar-refractivity contribution in [1.82, 2.24) is 35.9 Å². The number of nitrogens with zero attached hydrogens (tertiary/aromatic N) is 3. The van der Waals surface area contributed by atoms with Crippen LogP contribution in [0.25, 0.3) is 21.6 Å². The SMILES string of the molecule is C=CC1C[C@]1(NC(=O)[C@@H]1C[C@@H](Oc2nc3ccccc3nc2-c2cccs2)CN1C(=O)[C@@H](NC(=O)NC1CCCC1)C(C)(C)C)C(=O)NP1(=O)OCCO1. The maximum Gasteiger partial charge on any atom is 0.435 e. The fourth-order valence-electron chi connectivity index (χ4n) is 7.39. The molecule has 2 aliphatic heterocycles. The fourth-order valence-corrected chi connectivity index (χ4v) is 9.38. The average molecular weight is 780 g/mol. The van der Waals surface area contributed by atoms with Crippen LogP contribution in [0.3, 0.4) is 0 Å². The Balaban J connectivity index is 1.18. The van der Waals surface area contributed by atoms with Crippen LogP contribution in [0.15, 0.2) is 54.4 Å². The number of hydrogen-bond acceptors (Lipinski definition) is 11. The number of benzene rings is 1. The van der Waals surface area contributed by atoms with Crippen LogP contribution in [0.2, 0.25) is 0 Å². The molecule has 2 saturated heterocycles. The van der Waals surface area contributed by atoms with Crippen LogP contribution in [-0.2, 0) is 28.0 Å². The van der Waals surface area contributed by atoms with E-state index >= 15 is 0 Å². The number of amides is 5. The van der Waals surface area contributed by atoms with Gasteiger partial charge in [0.1, 0.15) is 29.4 Å². The Labute approximate surface area is 317 Å². The lowest BCUT2D eigenvalue weighted by Gasteiger charge is -2.35. The van der Waals surface area contributed by atoms with Crippen LogP contribution < -0.4 is 25.8 Å². The second-order valence-electron chi connectivity index (χ2n) is 15.3. The molecule has 5 amide bonds. The number of fused-ring (bicyclic) bond motifs is 1. The second kappa shape index (κ2) is 15.0. The van der Waals surface area contributed by atoms with Crippen molar-refractivity contribution in [2.45, 2.75) is 89.1 Å². The lowest BCUT2D eigenvalue weighted by Crippen LogP contribution is -2.61. The van der Waals surface area contributed by atoms with Crippen LogP contribution in [0.1, 0.15) is 59.3 Å². The first-order valence-corrected chi connectivity index (χ1v) is 20.7. The molecule has 54 heavy (non-hydrogen) atoms. The van der Waals surface area contributed by atoms with Gasteiger partial charge in [0.25, 0.3) is 5.91 Å². The third-order valence-corrected chi connectivity index (χ3v) is 12.8. The molecule has 3 aromatic rings. The Morgan fingerprint density at radius 2 is 1.78 bits per heavy atom. The number of likely N-dealkylation sites (tertiary alicyclic amines) is 1. The van der Waals surface area contributed by atoms with Gasteiger partial charge in [-0.15, -0.1) is 17.9 Å². The molecule has 0 radical (unpaired) electrons. The van der Waals surface area contributed by atoms with Gasteiger partial charge in [0.2, 0.25) is 17.7 Å². The van der Waals surface area contributed by atoms with Crippen molar-refractivity contribution in [2.24, 2.45) is 11.3 Å². The van der Waals surface area contributed by atoms with Crippen molar-refractivity contribution in [2.75, 3.05) is 19.8 Å². The molecular formula is C37H46N7O8PS. The number of ether oxygens (including phenoxy) is 1. The van der Waals surface area contributed by atoms with E-state index in [1.54, 1.807) is 6.08 Å². The summed E-state index contributed by atoms with van der Waals surface area (Å²) < 4.78 is 29.8. The number of carbonyl (C=O) groups excluding carboxylic acids is 4. The second-order valence-corrected chi connectivity index (χ2v) is 18.0. The van der Waals surface area contributed by atoms with E-state index in [2.05, 4.69) is 27.6 Å². The summed E-state index contributed by atoms with van der Waals surface area (Å²) in [7, 11) is -3.89. The van der Waals surface area contributed by atoms with Gasteiger partial charge in [-0.1, -0.05) is 57.9 Å². The molecule has 4 fully saturated rings. The van der Waals surface area contributed by atoms with E-state index in [0.717, 1.165) is 30.6 Å². The molecule has 7 rings (SSSR count). The number of nitrogens with one attached hydrogen (secondary N) is 4. The fraction of sp³-hybridized carbons (Fsp3) is 0.514. The van der Waals surface area contributed by atoms with Gasteiger partial charge in [0, 0.05) is 18.4 Å². The minimum absolute atomic E-state index is 0.0191. The van der Waals surface area contributed by atoms with Crippen LogP contribution in [0.4, 0.5) is 4.79 Å². The molecule has 0 bridgehead atoms.